The molecule has 1 atom stereocenters. The molecule has 1 fully saturated rings. The fourth-order valence-electron chi connectivity index (χ4n) is 2.49. The van der Waals surface area contributed by atoms with Gasteiger partial charge >= 0.3 is 6.09 Å². The second-order valence-electron chi connectivity index (χ2n) is 6.94. The average molecular weight is 410 g/mol. The summed E-state index contributed by atoms with van der Waals surface area (Å²) in [4.78, 5) is 18.1. The zero-order chi connectivity index (χ0) is 18.6. The number of carbonyl (C=O) groups excluding carboxylic acids is 1. The van der Waals surface area contributed by atoms with Crippen LogP contribution in [0.1, 0.15) is 39.2 Å². The average Bonchev–Trinajstić information content (AvgIpc) is 2.55. The maximum Gasteiger partial charge on any atom is 0.410 e. The third-order valence-corrected chi connectivity index (χ3v) is 4.47. The summed E-state index contributed by atoms with van der Waals surface area (Å²) in [5, 5.41) is 0. The number of carbonyl (C=O) groups is 1. The summed E-state index contributed by atoms with van der Waals surface area (Å²) < 4.78 is 11.1. The number of hydrogen-bond donors (Lipinski definition) is 1. The molecule has 2 heterocycles. The highest BCUT2D eigenvalue weighted by molar-refractivity contribution is 9.10. The van der Waals surface area contributed by atoms with Crippen LogP contribution in [-0.2, 0) is 4.74 Å². The Morgan fingerprint density at radius 1 is 1.48 bits per heavy atom. The minimum atomic E-state index is -0.495. The predicted molar refractivity (Wildman–Crippen MR) is 100 cm³/mol. The molecule has 1 aliphatic rings. The maximum atomic E-state index is 12.2. The SMILES string of the molecule is COc1ncc(C#CC2CCCN(C(=O)OC(C)(C)C)C2)c(N)c1Br. The lowest BCUT2D eigenvalue weighted by atomic mass is 9.98. The lowest BCUT2D eigenvalue weighted by molar-refractivity contribution is 0.0190. The van der Waals surface area contributed by atoms with Crippen molar-refractivity contribution in [2.75, 3.05) is 25.9 Å². The van der Waals surface area contributed by atoms with Crippen LogP contribution < -0.4 is 10.5 Å². The molecule has 1 unspecified atom stereocenters. The third-order valence-electron chi connectivity index (χ3n) is 3.70. The molecule has 1 aromatic heterocycles. The van der Waals surface area contributed by atoms with Crippen LogP contribution in [0.25, 0.3) is 0 Å². The van der Waals surface area contributed by atoms with E-state index in [1.54, 1.807) is 11.1 Å². The Labute approximate surface area is 157 Å². The number of nitrogen functional groups attached to an aromatic ring is 1. The highest BCUT2D eigenvalue weighted by Crippen LogP contribution is 2.30. The predicted octanol–water partition coefficient (Wildman–Crippen LogP) is 3.43. The Kier molecular flexibility index (Phi) is 6.17. The number of pyridine rings is 1. The number of anilines is 1. The molecule has 136 valence electrons. The van der Waals surface area contributed by atoms with Crippen LogP contribution in [0, 0.1) is 17.8 Å². The number of nitrogens with zero attached hydrogens (tertiary/aromatic N) is 2. The van der Waals surface area contributed by atoms with Gasteiger partial charge in [0.2, 0.25) is 5.88 Å². The molecule has 6 nitrogen and oxygen atoms in total. The Hall–Kier alpha value is -1.94. The summed E-state index contributed by atoms with van der Waals surface area (Å²) in [7, 11) is 1.53. The molecule has 0 saturated carbocycles. The van der Waals surface area contributed by atoms with Gasteiger partial charge in [0.05, 0.1) is 18.4 Å². The first-order valence-corrected chi connectivity index (χ1v) is 8.98. The molecular weight excluding hydrogens is 386 g/mol. The Morgan fingerprint density at radius 2 is 2.20 bits per heavy atom. The summed E-state index contributed by atoms with van der Waals surface area (Å²) in [6.45, 7) is 6.85. The van der Waals surface area contributed by atoms with Gasteiger partial charge in [-0.3, -0.25) is 0 Å². The van der Waals surface area contributed by atoms with Crippen molar-refractivity contribution in [1.29, 1.82) is 0 Å². The number of methoxy groups -OCH3 is 1. The summed E-state index contributed by atoms with van der Waals surface area (Å²) in [5.41, 5.74) is 6.71. The van der Waals surface area contributed by atoms with Crippen molar-refractivity contribution in [3.8, 4) is 17.7 Å². The fraction of sp³-hybridized carbons (Fsp3) is 0.556. The van der Waals surface area contributed by atoms with E-state index in [9.17, 15) is 4.79 Å². The largest absolute Gasteiger partial charge is 0.480 e. The molecule has 0 bridgehead atoms. The van der Waals surface area contributed by atoms with Gasteiger partial charge in [0, 0.05) is 25.2 Å². The molecule has 2 N–H and O–H groups in total. The van der Waals surface area contributed by atoms with Gasteiger partial charge in [-0.2, -0.15) is 0 Å². The third kappa shape index (κ3) is 5.27. The molecule has 0 spiro atoms. The highest BCUT2D eigenvalue weighted by atomic mass is 79.9. The number of amides is 1. The second kappa shape index (κ2) is 7.96. The number of piperidine rings is 1. The van der Waals surface area contributed by atoms with E-state index in [2.05, 4.69) is 32.8 Å². The van der Waals surface area contributed by atoms with Crippen LogP contribution in [0.2, 0.25) is 0 Å². The van der Waals surface area contributed by atoms with Gasteiger partial charge in [-0.05, 0) is 49.5 Å². The summed E-state index contributed by atoms with van der Waals surface area (Å²) in [5.74, 6) is 6.80. The van der Waals surface area contributed by atoms with E-state index in [0.29, 0.717) is 34.7 Å². The van der Waals surface area contributed by atoms with Crippen LogP contribution in [0.5, 0.6) is 5.88 Å². The fourth-order valence-corrected chi connectivity index (χ4v) is 2.97. The van der Waals surface area contributed by atoms with Crippen molar-refractivity contribution < 1.29 is 14.3 Å². The van der Waals surface area contributed by atoms with Crippen LogP contribution in [0.15, 0.2) is 10.7 Å². The quantitative estimate of drug-likeness (QED) is 0.718. The van der Waals surface area contributed by atoms with Crippen LogP contribution in [-0.4, -0.2) is 41.8 Å². The monoisotopic (exact) mass is 409 g/mol. The minimum absolute atomic E-state index is 0.0848. The van der Waals surface area contributed by atoms with E-state index < -0.39 is 5.60 Å². The zero-order valence-electron chi connectivity index (χ0n) is 15.1. The molecule has 1 aromatic rings. The van der Waals surface area contributed by atoms with Gasteiger partial charge in [-0.1, -0.05) is 11.8 Å². The molecule has 1 saturated heterocycles. The van der Waals surface area contributed by atoms with Gasteiger partial charge in [-0.15, -0.1) is 0 Å². The van der Waals surface area contributed by atoms with E-state index in [1.165, 1.54) is 7.11 Å². The topological polar surface area (TPSA) is 77.7 Å². The summed E-state index contributed by atoms with van der Waals surface area (Å²) >= 11 is 3.36. The zero-order valence-corrected chi connectivity index (χ0v) is 16.6. The van der Waals surface area contributed by atoms with Gasteiger partial charge in [0.15, 0.2) is 0 Å². The van der Waals surface area contributed by atoms with E-state index in [4.69, 9.17) is 15.2 Å². The van der Waals surface area contributed by atoms with Gasteiger partial charge in [0.25, 0.3) is 0 Å². The second-order valence-corrected chi connectivity index (χ2v) is 7.74. The summed E-state index contributed by atoms with van der Waals surface area (Å²) in [6.07, 6.45) is 3.16. The number of likely N-dealkylation sites (tertiary alicyclic amines) is 1. The standard InChI is InChI=1S/C18H24BrN3O3/c1-18(2,3)25-17(23)22-9-5-6-12(11-22)7-8-13-10-21-16(24-4)14(19)15(13)20/h10,12H,5-6,9,11H2,1-4H3,(H2,20,21). The molecule has 0 aliphatic carbocycles. The van der Waals surface area contributed by atoms with E-state index in [1.807, 2.05) is 20.8 Å². The van der Waals surface area contributed by atoms with Crippen LogP contribution in [0.4, 0.5) is 10.5 Å². The molecule has 1 aliphatic heterocycles. The van der Waals surface area contributed by atoms with Crippen molar-refractivity contribution >= 4 is 27.7 Å². The highest BCUT2D eigenvalue weighted by Gasteiger charge is 2.26. The smallest absolute Gasteiger partial charge is 0.410 e. The minimum Gasteiger partial charge on any atom is -0.480 e. The Balaban J connectivity index is 2.08. The van der Waals surface area contributed by atoms with Crippen molar-refractivity contribution in [2.45, 2.75) is 39.2 Å². The first-order chi connectivity index (χ1) is 11.7. The van der Waals surface area contributed by atoms with Crippen molar-refractivity contribution in [1.82, 2.24) is 9.88 Å². The lowest BCUT2D eigenvalue weighted by Crippen LogP contribution is -2.42. The van der Waals surface area contributed by atoms with Crippen molar-refractivity contribution in [3.05, 3.63) is 16.2 Å². The molecule has 0 radical (unpaired) electrons. The molecule has 7 heteroatoms. The number of aromatic nitrogens is 1. The van der Waals surface area contributed by atoms with Crippen LogP contribution >= 0.6 is 15.9 Å². The Bertz CT molecular complexity index is 704. The molecule has 0 aromatic carbocycles. The van der Waals surface area contributed by atoms with Crippen molar-refractivity contribution in [2.24, 2.45) is 5.92 Å². The molecular formula is C18H24BrN3O3. The first-order valence-electron chi connectivity index (χ1n) is 8.18. The number of nitrogens with two attached hydrogens (primary N) is 1. The van der Waals surface area contributed by atoms with Gasteiger partial charge < -0.3 is 20.1 Å². The van der Waals surface area contributed by atoms with E-state index >= 15 is 0 Å². The van der Waals surface area contributed by atoms with Gasteiger partial charge in [0.1, 0.15) is 10.1 Å². The number of hydrogen-bond acceptors (Lipinski definition) is 5. The normalized spacial score (nSPS) is 17.5. The Morgan fingerprint density at radius 3 is 2.84 bits per heavy atom. The molecule has 1 amide bonds. The van der Waals surface area contributed by atoms with Gasteiger partial charge in [-0.25, -0.2) is 9.78 Å². The van der Waals surface area contributed by atoms with E-state index in [-0.39, 0.29) is 12.0 Å². The number of ether oxygens (including phenoxy) is 2. The number of halogens is 1. The van der Waals surface area contributed by atoms with Crippen LogP contribution in [0.3, 0.4) is 0 Å². The van der Waals surface area contributed by atoms with E-state index in [0.717, 1.165) is 12.8 Å². The van der Waals surface area contributed by atoms with Crippen molar-refractivity contribution in [3.63, 3.8) is 0 Å². The number of rotatable bonds is 1. The molecule has 25 heavy (non-hydrogen) atoms. The maximum absolute atomic E-state index is 12.2. The lowest BCUT2D eigenvalue weighted by Gasteiger charge is -2.32. The summed E-state index contributed by atoms with van der Waals surface area (Å²) in [6, 6.07) is 0. The molecule has 2 rings (SSSR count). The first kappa shape index (κ1) is 19.4.